The van der Waals surface area contributed by atoms with Crippen molar-refractivity contribution in [2.24, 2.45) is 0 Å². The maximum absolute atomic E-state index is 13.0. The summed E-state index contributed by atoms with van der Waals surface area (Å²) >= 11 is 0. The lowest BCUT2D eigenvalue weighted by molar-refractivity contribution is 0.0472. The largest absolute Gasteiger partial charge is 0.494 e. The van der Waals surface area contributed by atoms with E-state index in [-0.39, 0.29) is 6.61 Å². The van der Waals surface area contributed by atoms with Gasteiger partial charge in [0.1, 0.15) is 12.4 Å². The minimum Gasteiger partial charge on any atom is -0.494 e. The third-order valence-corrected chi connectivity index (χ3v) is 4.13. The zero-order chi connectivity index (χ0) is 19.2. The van der Waals surface area contributed by atoms with Gasteiger partial charge in [0, 0.05) is 18.0 Å². The van der Waals surface area contributed by atoms with E-state index in [1.165, 1.54) is 0 Å². The van der Waals surface area contributed by atoms with Gasteiger partial charge in [-0.15, -0.1) is 0 Å². The maximum atomic E-state index is 13.0. The number of nitrogens with zero attached hydrogens (tertiary/aromatic N) is 2. The number of hydrogen-bond acceptors (Lipinski definition) is 5. The summed E-state index contributed by atoms with van der Waals surface area (Å²) in [5, 5.41) is 0. The molecule has 0 aliphatic carbocycles. The molecule has 3 rings (SSSR count). The van der Waals surface area contributed by atoms with Crippen molar-refractivity contribution < 1.29 is 14.3 Å². The molecule has 136 valence electrons. The number of pyridine rings is 2. The molecule has 0 fully saturated rings. The van der Waals surface area contributed by atoms with Crippen LogP contribution in [0.1, 0.15) is 27.3 Å². The van der Waals surface area contributed by atoms with E-state index in [0.717, 1.165) is 11.1 Å². The van der Waals surface area contributed by atoms with E-state index in [0.29, 0.717) is 28.3 Å². The Kier molecular flexibility index (Phi) is 5.61. The van der Waals surface area contributed by atoms with Crippen molar-refractivity contribution in [1.29, 1.82) is 0 Å². The van der Waals surface area contributed by atoms with Gasteiger partial charge in [0.25, 0.3) is 0 Å². The van der Waals surface area contributed by atoms with Crippen LogP contribution in [-0.2, 0) is 11.3 Å². The SMILES string of the molecule is C=Cc1nc(C)c(OC)c(-c2ccncc2)c1C(=O)OCc1ccccc1. The molecule has 0 amide bonds. The lowest BCUT2D eigenvalue weighted by Gasteiger charge is -2.17. The molecule has 0 radical (unpaired) electrons. The Bertz CT molecular complexity index is 954. The first-order chi connectivity index (χ1) is 13.2. The summed E-state index contributed by atoms with van der Waals surface area (Å²) in [5.41, 5.74) is 3.78. The predicted octanol–water partition coefficient (Wildman–Crippen LogP) is 4.46. The first-order valence-electron chi connectivity index (χ1n) is 8.48. The third kappa shape index (κ3) is 3.87. The molecule has 3 aromatic rings. The highest BCUT2D eigenvalue weighted by molar-refractivity contribution is 6.02. The molecule has 5 nitrogen and oxygen atoms in total. The lowest BCUT2D eigenvalue weighted by atomic mass is 9.97. The van der Waals surface area contributed by atoms with E-state index in [1.807, 2.05) is 49.4 Å². The van der Waals surface area contributed by atoms with E-state index in [1.54, 1.807) is 25.6 Å². The van der Waals surface area contributed by atoms with E-state index in [9.17, 15) is 4.79 Å². The number of carbonyl (C=O) groups is 1. The van der Waals surface area contributed by atoms with Gasteiger partial charge in [-0.2, -0.15) is 0 Å². The van der Waals surface area contributed by atoms with Crippen molar-refractivity contribution in [1.82, 2.24) is 9.97 Å². The van der Waals surface area contributed by atoms with Crippen LogP contribution in [0.2, 0.25) is 0 Å². The quantitative estimate of drug-likeness (QED) is 0.607. The van der Waals surface area contributed by atoms with Crippen molar-refractivity contribution in [3.05, 3.63) is 84.0 Å². The molecule has 5 heteroatoms. The molecule has 0 atom stereocenters. The second kappa shape index (κ2) is 8.27. The molecule has 0 N–H and O–H groups in total. The highest BCUT2D eigenvalue weighted by Gasteiger charge is 2.25. The number of benzene rings is 1. The topological polar surface area (TPSA) is 61.3 Å². The van der Waals surface area contributed by atoms with Crippen molar-refractivity contribution >= 4 is 12.0 Å². The molecule has 2 heterocycles. The molecule has 27 heavy (non-hydrogen) atoms. The molecule has 2 aromatic heterocycles. The first-order valence-corrected chi connectivity index (χ1v) is 8.48. The Morgan fingerprint density at radius 3 is 2.48 bits per heavy atom. The van der Waals surface area contributed by atoms with Crippen LogP contribution in [0.15, 0.2) is 61.4 Å². The van der Waals surface area contributed by atoms with Gasteiger partial charge in [-0.1, -0.05) is 36.9 Å². The number of carbonyl (C=O) groups excluding carboxylic acids is 1. The van der Waals surface area contributed by atoms with Crippen LogP contribution in [0, 0.1) is 6.92 Å². The highest BCUT2D eigenvalue weighted by atomic mass is 16.5. The van der Waals surface area contributed by atoms with Gasteiger partial charge in [-0.25, -0.2) is 9.78 Å². The standard InChI is InChI=1S/C22H20N2O3/c1-4-18-20(22(25)27-14-16-8-6-5-7-9-16)19(17-10-12-23-13-11-17)21(26-3)15(2)24-18/h4-13H,1,14H2,2-3H3. The Labute approximate surface area is 158 Å². The van der Waals surface area contributed by atoms with E-state index in [2.05, 4.69) is 16.5 Å². The zero-order valence-electron chi connectivity index (χ0n) is 15.3. The Morgan fingerprint density at radius 1 is 1.15 bits per heavy atom. The number of aryl methyl sites for hydroxylation is 1. The summed E-state index contributed by atoms with van der Waals surface area (Å²) in [5.74, 6) is 0.0461. The van der Waals surface area contributed by atoms with Crippen LogP contribution in [0.4, 0.5) is 0 Å². The molecular weight excluding hydrogens is 340 g/mol. The molecule has 0 aliphatic heterocycles. The first kappa shape index (κ1) is 18.3. The summed E-state index contributed by atoms with van der Waals surface area (Å²) in [6, 6.07) is 13.2. The molecule has 0 unspecified atom stereocenters. The Hall–Kier alpha value is -3.47. The summed E-state index contributed by atoms with van der Waals surface area (Å²) in [7, 11) is 1.56. The monoisotopic (exact) mass is 360 g/mol. The molecular formula is C22H20N2O3. The number of aromatic nitrogens is 2. The lowest BCUT2D eigenvalue weighted by Crippen LogP contribution is -2.12. The second-order valence-corrected chi connectivity index (χ2v) is 5.87. The number of esters is 1. The highest BCUT2D eigenvalue weighted by Crippen LogP contribution is 2.37. The molecule has 0 bridgehead atoms. The van der Waals surface area contributed by atoms with Gasteiger partial charge in [0.15, 0.2) is 0 Å². The summed E-state index contributed by atoms with van der Waals surface area (Å²) < 4.78 is 11.1. The molecule has 0 saturated carbocycles. The van der Waals surface area contributed by atoms with Gasteiger partial charge < -0.3 is 9.47 Å². The minimum absolute atomic E-state index is 0.169. The van der Waals surface area contributed by atoms with Crippen molar-refractivity contribution in [3.8, 4) is 16.9 Å². The third-order valence-electron chi connectivity index (χ3n) is 4.13. The number of ether oxygens (including phenoxy) is 2. The Balaban J connectivity index is 2.09. The molecule has 0 spiro atoms. The van der Waals surface area contributed by atoms with Gasteiger partial charge >= 0.3 is 5.97 Å². The van der Waals surface area contributed by atoms with Crippen LogP contribution in [0.3, 0.4) is 0 Å². The maximum Gasteiger partial charge on any atom is 0.341 e. The summed E-state index contributed by atoms with van der Waals surface area (Å²) in [6.45, 7) is 5.80. The van der Waals surface area contributed by atoms with Crippen LogP contribution in [0.5, 0.6) is 5.75 Å². The molecule has 0 aliphatic rings. The van der Waals surface area contributed by atoms with Gasteiger partial charge in [-0.05, 0) is 36.3 Å². The van der Waals surface area contributed by atoms with Gasteiger partial charge in [0.2, 0.25) is 0 Å². The van der Waals surface area contributed by atoms with Crippen molar-refractivity contribution in [2.75, 3.05) is 7.11 Å². The summed E-state index contributed by atoms with van der Waals surface area (Å²) in [6.07, 6.45) is 4.88. The van der Waals surface area contributed by atoms with Crippen molar-refractivity contribution in [3.63, 3.8) is 0 Å². The number of rotatable bonds is 6. The molecule has 1 aromatic carbocycles. The molecule has 0 saturated heterocycles. The smallest absolute Gasteiger partial charge is 0.341 e. The normalized spacial score (nSPS) is 10.3. The van der Waals surface area contributed by atoms with Crippen LogP contribution in [0.25, 0.3) is 17.2 Å². The fourth-order valence-corrected chi connectivity index (χ4v) is 2.90. The minimum atomic E-state index is -0.480. The predicted molar refractivity (Wildman–Crippen MR) is 104 cm³/mol. The average Bonchev–Trinajstić information content (AvgIpc) is 2.72. The van der Waals surface area contributed by atoms with Crippen LogP contribution >= 0.6 is 0 Å². The zero-order valence-corrected chi connectivity index (χ0v) is 15.3. The Morgan fingerprint density at radius 2 is 1.85 bits per heavy atom. The van der Waals surface area contributed by atoms with E-state index < -0.39 is 5.97 Å². The van der Waals surface area contributed by atoms with Gasteiger partial charge in [-0.3, -0.25) is 4.98 Å². The van der Waals surface area contributed by atoms with Crippen molar-refractivity contribution in [2.45, 2.75) is 13.5 Å². The fraction of sp³-hybridized carbons (Fsp3) is 0.136. The van der Waals surface area contributed by atoms with Crippen LogP contribution in [-0.4, -0.2) is 23.0 Å². The second-order valence-electron chi connectivity index (χ2n) is 5.87. The summed E-state index contributed by atoms with van der Waals surface area (Å²) in [4.78, 5) is 21.5. The number of methoxy groups -OCH3 is 1. The fourth-order valence-electron chi connectivity index (χ4n) is 2.90. The average molecular weight is 360 g/mol. The van der Waals surface area contributed by atoms with E-state index >= 15 is 0 Å². The van der Waals surface area contributed by atoms with Crippen LogP contribution < -0.4 is 4.74 Å². The number of hydrogen-bond donors (Lipinski definition) is 0. The van der Waals surface area contributed by atoms with E-state index in [4.69, 9.17) is 9.47 Å². The van der Waals surface area contributed by atoms with Gasteiger partial charge in [0.05, 0.1) is 24.1 Å².